The summed E-state index contributed by atoms with van der Waals surface area (Å²) in [6.45, 7) is 5.17. The number of ketones is 1. The van der Waals surface area contributed by atoms with Gasteiger partial charge in [0.1, 0.15) is 0 Å². The Hall–Kier alpha value is -1.87. The van der Waals surface area contributed by atoms with Gasteiger partial charge in [-0.2, -0.15) is 5.26 Å². The summed E-state index contributed by atoms with van der Waals surface area (Å²) >= 11 is 3.43. The normalized spacial score (nSPS) is 14.5. The molecule has 0 aromatic heterocycles. The summed E-state index contributed by atoms with van der Waals surface area (Å²) in [5.74, 6) is -1.22. The largest absolute Gasteiger partial charge is 0.370 e. The maximum absolute atomic E-state index is 11.6. The van der Waals surface area contributed by atoms with Crippen LogP contribution in [0.2, 0.25) is 0 Å². The van der Waals surface area contributed by atoms with Crippen LogP contribution in [0.1, 0.15) is 24.2 Å². The van der Waals surface area contributed by atoms with E-state index in [4.69, 9.17) is 5.26 Å². The molecule has 1 atom stereocenters. The number of fused-ring (bicyclic) bond motifs is 1. The Morgan fingerprint density at radius 2 is 2.15 bits per heavy atom. The number of halogens is 1. The van der Waals surface area contributed by atoms with Crippen LogP contribution >= 0.6 is 15.9 Å². The smallest absolute Gasteiger partial charge is 0.296 e. The number of Topliss-reactive ketones (excluding diaryl/α,β-unsaturated/α-hetero) is 1. The molecule has 1 heterocycles. The van der Waals surface area contributed by atoms with Crippen LogP contribution in [0.5, 0.6) is 0 Å². The lowest BCUT2D eigenvalue weighted by atomic mass is 10.1. The minimum absolute atomic E-state index is 0.105. The number of carbonyl (C=O) groups excluding carboxylic acids is 2. The van der Waals surface area contributed by atoms with E-state index in [-0.39, 0.29) is 5.92 Å². The van der Waals surface area contributed by atoms with Gasteiger partial charge in [0.05, 0.1) is 28.9 Å². The zero-order chi connectivity index (χ0) is 14.9. The third-order valence-electron chi connectivity index (χ3n) is 3.22. The predicted molar refractivity (Wildman–Crippen MR) is 79.8 cm³/mol. The average Bonchev–Trinajstić information content (AvgIpc) is 2.70. The van der Waals surface area contributed by atoms with Crippen LogP contribution in [0.4, 0.5) is 11.4 Å². The zero-order valence-corrected chi connectivity index (χ0v) is 12.8. The number of hydrogen-bond donors (Lipinski definition) is 1. The molecule has 1 aliphatic heterocycles. The van der Waals surface area contributed by atoms with Gasteiger partial charge in [-0.25, -0.2) is 0 Å². The number of nitriles is 1. The maximum Gasteiger partial charge on any atom is 0.296 e. The molecule has 0 spiro atoms. The van der Waals surface area contributed by atoms with Crippen LogP contribution < -0.4 is 10.2 Å². The lowest BCUT2D eigenvalue weighted by Gasteiger charge is -2.26. The topological polar surface area (TPSA) is 73.2 Å². The molecule has 1 unspecified atom stereocenters. The molecule has 1 aliphatic rings. The van der Waals surface area contributed by atoms with Crippen molar-refractivity contribution in [1.29, 1.82) is 5.26 Å². The molecule has 0 saturated heterocycles. The highest BCUT2D eigenvalue weighted by Gasteiger charge is 2.29. The van der Waals surface area contributed by atoms with Gasteiger partial charge in [0, 0.05) is 17.6 Å². The first kappa shape index (κ1) is 14.5. The molecule has 104 valence electrons. The van der Waals surface area contributed by atoms with Gasteiger partial charge >= 0.3 is 0 Å². The van der Waals surface area contributed by atoms with Gasteiger partial charge in [0.25, 0.3) is 11.7 Å². The molecule has 2 rings (SSSR count). The number of hydrogen-bond acceptors (Lipinski definition) is 4. The molecular formula is C14H14BrN3O2. The quantitative estimate of drug-likeness (QED) is 0.858. The summed E-state index contributed by atoms with van der Waals surface area (Å²) in [5, 5.41) is 11.5. The van der Waals surface area contributed by atoms with E-state index in [1.165, 1.54) is 0 Å². The summed E-state index contributed by atoms with van der Waals surface area (Å²) in [4.78, 5) is 25.1. The Kier molecular flexibility index (Phi) is 4.09. The van der Waals surface area contributed by atoms with Gasteiger partial charge < -0.3 is 10.2 Å². The summed E-state index contributed by atoms with van der Waals surface area (Å²) < 4.78 is 0.744. The monoisotopic (exact) mass is 335 g/mol. The van der Waals surface area contributed by atoms with Crippen LogP contribution in [0.25, 0.3) is 0 Å². The molecule has 0 aliphatic carbocycles. The highest BCUT2D eigenvalue weighted by molar-refractivity contribution is 9.10. The Balaban J connectivity index is 2.39. The van der Waals surface area contributed by atoms with Crippen molar-refractivity contribution in [3.05, 3.63) is 22.2 Å². The van der Waals surface area contributed by atoms with Gasteiger partial charge in [-0.3, -0.25) is 9.59 Å². The fourth-order valence-corrected chi connectivity index (χ4v) is 2.76. The van der Waals surface area contributed by atoms with E-state index >= 15 is 0 Å². The van der Waals surface area contributed by atoms with Gasteiger partial charge in [0.2, 0.25) is 0 Å². The first-order valence-corrected chi connectivity index (χ1v) is 7.11. The number of benzene rings is 1. The molecule has 1 aromatic rings. The summed E-state index contributed by atoms with van der Waals surface area (Å²) in [5.41, 5.74) is 1.78. The third kappa shape index (κ3) is 2.54. The van der Waals surface area contributed by atoms with Crippen molar-refractivity contribution in [2.75, 3.05) is 23.3 Å². The Morgan fingerprint density at radius 1 is 1.45 bits per heavy atom. The first-order chi connectivity index (χ1) is 9.47. The van der Waals surface area contributed by atoms with Gasteiger partial charge in [-0.15, -0.1) is 0 Å². The summed E-state index contributed by atoms with van der Waals surface area (Å²) in [6.07, 6.45) is 0. The van der Waals surface area contributed by atoms with E-state index in [2.05, 4.69) is 27.3 Å². The van der Waals surface area contributed by atoms with Crippen molar-refractivity contribution in [1.82, 2.24) is 0 Å². The fraction of sp³-hybridized carbons (Fsp3) is 0.357. The molecule has 0 fully saturated rings. The number of anilines is 2. The predicted octanol–water partition coefficient (Wildman–Crippen LogP) is 2.57. The van der Waals surface area contributed by atoms with Gasteiger partial charge in [-0.05, 0) is 41.9 Å². The minimum Gasteiger partial charge on any atom is -0.370 e. The molecular weight excluding hydrogens is 322 g/mol. The van der Waals surface area contributed by atoms with Crippen LogP contribution in [-0.4, -0.2) is 24.8 Å². The summed E-state index contributed by atoms with van der Waals surface area (Å²) in [7, 11) is 0. The lowest BCUT2D eigenvalue weighted by Crippen LogP contribution is -2.28. The van der Waals surface area contributed by atoms with E-state index in [0.717, 1.165) is 16.7 Å². The third-order valence-corrected chi connectivity index (χ3v) is 3.86. The lowest BCUT2D eigenvalue weighted by molar-refractivity contribution is -0.112. The van der Waals surface area contributed by atoms with Crippen molar-refractivity contribution < 1.29 is 9.59 Å². The van der Waals surface area contributed by atoms with Gasteiger partial charge in [-0.1, -0.05) is 0 Å². The van der Waals surface area contributed by atoms with Crippen molar-refractivity contribution in [3.63, 3.8) is 0 Å². The number of nitrogens with one attached hydrogen (secondary N) is 1. The van der Waals surface area contributed by atoms with E-state index < -0.39 is 11.7 Å². The van der Waals surface area contributed by atoms with Crippen molar-refractivity contribution in [2.24, 2.45) is 5.92 Å². The Morgan fingerprint density at radius 3 is 2.75 bits per heavy atom. The fourth-order valence-electron chi connectivity index (χ4n) is 2.17. The van der Waals surface area contributed by atoms with Gasteiger partial charge in [0.15, 0.2) is 0 Å². The standard InChI is InChI=1S/C14H14BrN3O2/c1-3-18(7-8(2)6-16)12-5-11-9(4-10(12)15)13(19)14(20)17-11/h4-5,8H,3,7H2,1-2H3,(H,17,19,20). The SMILES string of the molecule is CCN(CC(C)C#N)c1cc2c(cc1Br)C(=O)C(=O)N2. The second-order valence-corrected chi connectivity index (χ2v) is 5.56. The minimum atomic E-state index is -0.600. The molecule has 0 saturated carbocycles. The van der Waals surface area contributed by atoms with E-state index in [9.17, 15) is 9.59 Å². The number of rotatable bonds is 4. The molecule has 1 aromatic carbocycles. The second kappa shape index (κ2) is 5.63. The molecule has 1 N–H and O–H groups in total. The molecule has 1 amide bonds. The second-order valence-electron chi connectivity index (χ2n) is 4.70. The van der Waals surface area contributed by atoms with E-state index in [0.29, 0.717) is 17.8 Å². The van der Waals surface area contributed by atoms with Crippen molar-refractivity contribution in [2.45, 2.75) is 13.8 Å². The number of nitrogens with zero attached hydrogens (tertiary/aromatic N) is 2. The van der Waals surface area contributed by atoms with Crippen LogP contribution in [0.15, 0.2) is 16.6 Å². The summed E-state index contributed by atoms with van der Waals surface area (Å²) in [6, 6.07) is 5.64. The van der Waals surface area contributed by atoms with Crippen LogP contribution in [0.3, 0.4) is 0 Å². The van der Waals surface area contributed by atoms with Crippen molar-refractivity contribution in [3.8, 4) is 6.07 Å². The Bertz CT molecular complexity index is 622. The number of amides is 1. The highest BCUT2D eigenvalue weighted by atomic mass is 79.9. The van der Waals surface area contributed by atoms with E-state index in [1.54, 1.807) is 12.1 Å². The van der Waals surface area contributed by atoms with Crippen LogP contribution in [0, 0.1) is 17.2 Å². The number of carbonyl (C=O) groups is 2. The molecule has 0 radical (unpaired) electrons. The first-order valence-electron chi connectivity index (χ1n) is 6.31. The van der Waals surface area contributed by atoms with Crippen molar-refractivity contribution >= 4 is 39.0 Å². The Labute approximate surface area is 125 Å². The molecule has 20 heavy (non-hydrogen) atoms. The molecule has 5 nitrogen and oxygen atoms in total. The maximum atomic E-state index is 11.6. The zero-order valence-electron chi connectivity index (χ0n) is 11.2. The van der Waals surface area contributed by atoms with E-state index in [1.807, 2.05) is 18.7 Å². The van der Waals surface area contributed by atoms with Crippen LogP contribution in [-0.2, 0) is 4.79 Å². The average molecular weight is 336 g/mol. The molecule has 0 bridgehead atoms. The highest BCUT2D eigenvalue weighted by Crippen LogP contribution is 2.35. The molecule has 6 heteroatoms.